The van der Waals surface area contributed by atoms with Crippen molar-refractivity contribution in [1.29, 1.82) is 0 Å². The summed E-state index contributed by atoms with van der Waals surface area (Å²) in [6, 6.07) is 1.35. The number of carbonyl (C=O) groups excluding carboxylic acids is 2. The maximum absolute atomic E-state index is 11.4. The zero-order chi connectivity index (χ0) is 10.8. The summed E-state index contributed by atoms with van der Waals surface area (Å²) in [6.07, 6.45) is 1.82. The van der Waals surface area contributed by atoms with Gasteiger partial charge in [-0.15, -0.1) is 0 Å². The van der Waals surface area contributed by atoms with E-state index in [9.17, 15) is 9.59 Å². The van der Waals surface area contributed by atoms with Gasteiger partial charge < -0.3 is 9.15 Å². The van der Waals surface area contributed by atoms with Crippen LogP contribution in [-0.2, 0) is 4.74 Å². The number of esters is 1. The lowest BCUT2D eigenvalue weighted by atomic mass is 10.2. The van der Waals surface area contributed by atoms with E-state index < -0.39 is 11.6 Å². The van der Waals surface area contributed by atoms with E-state index >= 15 is 0 Å². The molecule has 0 aromatic carbocycles. The number of carbonyl (C=O) groups is 2. The minimum Gasteiger partial charge on any atom is -0.457 e. The average Bonchev–Trinajstić information content (AvgIpc) is 2.48. The van der Waals surface area contributed by atoms with E-state index in [1.54, 1.807) is 20.8 Å². The van der Waals surface area contributed by atoms with Crippen molar-refractivity contribution in [3.63, 3.8) is 0 Å². The molecule has 0 radical (unpaired) electrons. The van der Waals surface area contributed by atoms with Crippen LogP contribution in [0.3, 0.4) is 0 Å². The predicted octanol–water partition coefficient (Wildman–Crippen LogP) is 2.05. The highest BCUT2D eigenvalue weighted by Gasteiger charge is 2.20. The molecule has 1 rings (SSSR count). The Balaban J connectivity index is 2.75. The third-order valence-corrected chi connectivity index (χ3v) is 1.36. The van der Waals surface area contributed by atoms with Gasteiger partial charge in [0.2, 0.25) is 5.76 Å². The van der Waals surface area contributed by atoms with Crippen LogP contribution in [0.1, 0.15) is 41.7 Å². The number of rotatable bonds is 2. The van der Waals surface area contributed by atoms with Crippen molar-refractivity contribution >= 4 is 12.3 Å². The van der Waals surface area contributed by atoms with Crippen LogP contribution in [0.5, 0.6) is 0 Å². The first-order valence-corrected chi connectivity index (χ1v) is 4.19. The quantitative estimate of drug-likeness (QED) is 0.536. The van der Waals surface area contributed by atoms with Gasteiger partial charge in [0.25, 0.3) is 0 Å². The second-order valence-corrected chi connectivity index (χ2v) is 3.86. The van der Waals surface area contributed by atoms with Crippen molar-refractivity contribution in [2.24, 2.45) is 0 Å². The lowest BCUT2D eigenvalue weighted by molar-refractivity contribution is 0.00360. The fraction of sp³-hybridized carbons (Fsp3) is 0.400. The van der Waals surface area contributed by atoms with E-state index in [1.807, 2.05) is 0 Å². The monoisotopic (exact) mass is 196 g/mol. The summed E-state index contributed by atoms with van der Waals surface area (Å²) in [7, 11) is 0. The molecule has 4 heteroatoms. The number of hydrogen-bond acceptors (Lipinski definition) is 4. The van der Waals surface area contributed by atoms with Crippen LogP contribution in [0, 0.1) is 0 Å². The lowest BCUT2D eigenvalue weighted by Crippen LogP contribution is -2.23. The van der Waals surface area contributed by atoms with Crippen molar-refractivity contribution in [2.45, 2.75) is 26.4 Å². The molecule has 0 saturated carbocycles. The lowest BCUT2D eigenvalue weighted by Gasteiger charge is -2.18. The Labute approximate surface area is 81.9 Å². The Morgan fingerprint density at radius 1 is 1.50 bits per heavy atom. The average molecular weight is 196 g/mol. The number of furan rings is 1. The van der Waals surface area contributed by atoms with Gasteiger partial charge in [0.1, 0.15) is 11.9 Å². The molecule has 0 aliphatic carbocycles. The minimum atomic E-state index is -0.564. The molecule has 0 bridgehead atoms. The van der Waals surface area contributed by atoms with Gasteiger partial charge in [-0.2, -0.15) is 0 Å². The van der Waals surface area contributed by atoms with Crippen LogP contribution >= 0.6 is 0 Å². The normalized spacial score (nSPS) is 11.1. The molecule has 1 aromatic heterocycles. The van der Waals surface area contributed by atoms with Gasteiger partial charge in [0.15, 0.2) is 6.29 Å². The molecule has 4 nitrogen and oxygen atoms in total. The van der Waals surface area contributed by atoms with Crippen LogP contribution in [0.2, 0.25) is 0 Å². The summed E-state index contributed by atoms with van der Waals surface area (Å²) in [5.74, 6) is -0.521. The molecule has 0 unspecified atom stereocenters. The van der Waals surface area contributed by atoms with Crippen molar-refractivity contribution < 1.29 is 18.7 Å². The summed E-state index contributed by atoms with van der Waals surface area (Å²) in [5, 5.41) is 0. The molecule has 0 N–H and O–H groups in total. The fourth-order valence-electron chi connectivity index (χ4n) is 0.848. The Morgan fingerprint density at radius 2 is 2.14 bits per heavy atom. The maximum Gasteiger partial charge on any atom is 0.374 e. The van der Waals surface area contributed by atoms with E-state index in [0.29, 0.717) is 11.8 Å². The van der Waals surface area contributed by atoms with Crippen molar-refractivity contribution in [3.05, 3.63) is 23.7 Å². The SMILES string of the molecule is CC(C)(C)OC(=O)c1cc(C=O)co1. The van der Waals surface area contributed by atoms with Gasteiger partial charge in [-0.25, -0.2) is 4.79 Å². The first-order valence-electron chi connectivity index (χ1n) is 4.19. The fourth-order valence-corrected chi connectivity index (χ4v) is 0.848. The third-order valence-electron chi connectivity index (χ3n) is 1.36. The molecule has 0 spiro atoms. The standard InChI is InChI=1S/C10H12O4/c1-10(2,3)14-9(12)8-4-7(5-11)6-13-8/h4-6H,1-3H3. The molecule has 0 atom stereocenters. The Kier molecular flexibility index (Phi) is 2.74. The predicted molar refractivity (Wildman–Crippen MR) is 49.3 cm³/mol. The zero-order valence-electron chi connectivity index (χ0n) is 8.37. The molecule has 0 amide bonds. The first kappa shape index (κ1) is 10.5. The molecule has 14 heavy (non-hydrogen) atoms. The summed E-state index contributed by atoms with van der Waals surface area (Å²) < 4.78 is 9.89. The van der Waals surface area contributed by atoms with Crippen molar-refractivity contribution in [2.75, 3.05) is 0 Å². The van der Waals surface area contributed by atoms with Crippen LogP contribution < -0.4 is 0 Å². The molecule has 0 aliphatic heterocycles. The van der Waals surface area contributed by atoms with Gasteiger partial charge >= 0.3 is 5.97 Å². The smallest absolute Gasteiger partial charge is 0.374 e. The number of hydrogen-bond donors (Lipinski definition) is 0. The summed E-state index contributed by atoms with van der Waals surface area (Å²) in [4.78, 5) is 21.7. The van der Waals surface area contributed by atoms with Gasteiger partial charge in [-0.3, -0.25) is 4.79 Å². The van der Waals surface area contributed by atoms with Crippen LogP contribution in [-0.4, -0.2) is 17.9 Å². The minimum absolute atomic E-state index is 0.0435. The first-order chi connectivity index (χ1) is 6.42. The highest BCUT2D eigenvalue weighted by atomic mass is 16.6. The van der Waals surface area contributed by atoms with Crippen molar-refractivity contribution in [1.82, 2.24) is 0 Å². The van der Waals surface area contributed by atoms with Crippen molar-refractivity contribution in [3.8, 4) is 0 Å². The van der Waals surface area contributed by atoms with E-state index in [-0.39, 0.29) is 5.76 Å². The van der Waals surface area contributed by atoms with Gasteiger partial charge in [-0.05, 0) is 20.8 Å². The molecule has 0 saturated heterocycles. The number of ether oxygens (including phenoxy) is 1. The van der Waals surface area contributed by atoms with Crippen LogP contribution in [0.4, 0.5) is 0 Å². The molecular formula is C10H12O4. The molecule has 1 heterocycles. The summed E-state index contributed by atoms with van der Waals surface area (Å²) in [5.41, 5.74) is -0.239. The van der Waals surface area contributed by atoms with E-state index in [1.165, 1.54) is 12.3 Å². The summed E-state index contributed by atoms with van der Waals surface area (Å²) in [6.45, 7) is 5.28. The molecule has 1 aromatic rings. The molecule has 0 aliphatic rings. The Hall–Kier alpha value is -1.58. The van der Waals surface area contributed by atoms with Gasteiger partial charge in [0, 0.05) is 6.07 Å². The van der Waals surface area contributed by atoms with Crippen LogP contribution in [0.25, 0.3) is 0 Å². The number of aldehydes is 1. The molecular weight excluding hydrogens is 184 g/mol. The van der Waals surface area contributed by atoms with E-state index in [4.69, 9.17) is 9.15 Å². The Morgan fingerprint density at radius 3 is 2.57 bits per heavy atom. The maximum atomic E-state index is 11.4. The van der Waals surface area contributed by atoms with Gasteiger partial charge in [-0.1, -0.05) is 0 Å². The molecule has 76 valence electrons. The van der Waals surface area contributed by atoms with E-state index in [0.717, 1.165) is 0 Å². The second-order valence-electron chi connectivity index (χ2n) is 3.86. The summed E-state index contributed by atoms with van der Waals surface area (Å²) >= 11 is 0. The third kappa shape index (κ3) is 2.73. The Bertz CT molecular complexity index is 343. The topological polar surface area (TPSA) is 56.5 Å². The highest BCUT2D eigenvalue weighted by molar-refractivity contribution is 5.89. The van der Waals surface area contributed by atoms with E-state index in [2.05, 4.69) is 0 Å². The highest BCUT2D eigenvalue weighted by Crippen LogP contribution is 2.13. The van der Waals surface area contributed by atoms with Crippen LogP contribution in [0.15, 0.2) is 16.7 Å². The zero-order valence-corrected chi connectivity index (χ0v) is 8.37. The second kappa shape index (κ2) is 3.65. The van der Waals surface area contributed by atoms with Gasteiger partial charge in [0.05, 0.1) is 5.56 Å². The largest absolute Gasteiger partial charge is 0.457 e. The molecule has 0 fully saturated rings.